The molecule has 0 bridgehead atoms. The fourth-order valence-corrected chi connectivity index (χ4v) is 4.41. The Kier molecular flexibility index (Phi) is 5.82. The van der Waals surface area contributed by atoms with Crippen molar-refractivity contribution in [3.05, 3.63) is 50.0 Å². The summed E-state index contributed by atoms with van der Waals surface area (Å²) in [5.74, 6) is 1.15. The Morgan fingerprint density at radius 1 is 1.36 bits per heavy atom. The number of rotatable bonds is 3. The van der Waals surface area contributed by atoms with Crippen LogP contribution in [0, 0.1) is 6.92 Å². The predicted octanol–water partition coefficient (Wildman–Crippen LogP) is 4.73. The average Bonchev–Trinajstić information content (AvgIpc) is 3.22. The Bertz CT molecular complexity index is 983. The molecule has 1 aromatic heterocycles. The number of amides is 1. The number of nitrogens with one attached hydrogen (secondary N) is 1. The van der Waals surface area contributed by atoms with Gasteiger partial charge in [0.05, 0.1) is 28.3 Å². The third-order valence-electron chi connectivity index (χ3n) is 4.37. The van der Waals surface area contributed by atoms with Crippen molar-refractivity contribution in [3.63, 3.8) is 0 Å². The molecule has 2 aliphatic heterocycles. The van der Waals surface area contributed by atoms with Crippen LogP contribution in [0.4, 0.5) is 11.6 Å². The fraction of sp³-hybridized carbons (Fsp3) is 0.263. The second-order valence-electron chi connectivity index (χ2n) is 6.27. The maximum absolute atomic E-state index is 12.3. The van der Waals surface area contributed by atoms with Crippen molar-refractivity contribution in [2.75, 3.05) is 31.2 Å². The molecule has 0 saturated carbocycles. The van der Waals surface area contributed by atoms with Gasteiger partial charge in [-0.2, -0.15) is 0 Å². The number of hydrogen-bond acceptors (Lipinski definition) is 6. The monoisotopic (exact) mass is 481 g/mol. The first-order valence-corrected chi connectivity index (χ1v) is 10.7. The lowest BCUT2D eigenvalue weighted by molar-refractivity contribution is -0.115. The van der Waals surface area contributed by atoms with Crippen LogP contribution in [0.15, 0.2) is 43.1 Å². The summed E-state index contributed by atoms with van der Waals surface area (Å²) >= 11 is 11.0. The number of thioether (sulfide) groups is 1. The van der Waals surface area contributed by atoms with Gasteiger partial charge in [0.1, 0.15) is 5.76 Å². The van der Waals surface area contributed by atoms with E-state index in [0.29, 0.717) is 34.1 Å². The molecule has 0 atom stereocenters. The van der Waals surface area contributed by atoms with Gasteiger partial charge in [0.2, 0.25) is 5.88 Å². The molecule has 2 saturated heterocycles. The minimum absolute atomic E-state index is 0.205. The van der Waals surface area contributed by atoms with Crippen molar-refractivity contribution < 1.29 is 13.9 Å². The highest BCUT2D eigenvalue weighted by Crippen LogP contribution is 2.35. The van der Waals surface area contributed by atoms with Gasteiger partial charge in [0, 0.05) is 30.3 Å². The van der Waals surface area contributed by atoms with E-state index < -0.39 is 0 Å². The molecular formula is C19H17BrClN3O3S. The van der Waals surface area contributed by atoms with Crippen molar-refractivity contribution in [1.29, 1.82) is 0 Å². The van der Waals surface area contributed by atoms with Gasteiger partial charge < -0.3 is 19.4 Å². The largest absolute Gasteiger partial charge is 0.440 e. The SMILES string of the molecule is Cc1c(Cl)cccc1N=C1NC(=O)/C(=C/c2cc(Br)c(N3CCOCC3)o2)S1. The van der Waals surface area contributed by atoms with E-state index in [0.717, 1.165) is 34.7 Å². The molecule has 2 aliphatic rings. The van der Waals surface area contributed by atoms with Crippen molar-refractivity contribution in [2.45, 2.75) is 6.92 Å². The number of anilines is 1. The molecule has 6 nitrogen and oxygen atoms in total. The quantitative estimate of drug-likeness (QED) is 0.641. The first kappa shape index (κ1) is 19.6. The number of ether oxygens (including phenoxy) is 1. The van der Waals surface area contributed by atoms with E-state index >= 15 is 0 Å². The second kappa shape index (κ2) is 8.32. The second-order valence-corrected chi connectivity index (χ2v) is 8.56. The molecule has 1 aromatic carbocycles. The van der Waals surface area contributed by atoms with E-state index in [1.807, 2.05) is 31.2 Å². The molecule has 0 unspecified atom stereocenters. The molecular weight excluding hydrogens is 466 g/mol. The fourth-order valence-electron chi connectivity index (χ4n) is 2.87. The van der Waals surface area contributed by atoms with E-state index in [-0.39, 0.29) is 5.91 Å². The average molecular weight is 483 g/mol. The summed E-state index contributed by atoms with van der Waals surface area (Å²) < 4.78 is 12.2. The number of amidine groups is 1. The molecule has 1 amide bonds. The van der Waals surface area contributed by atoms with Crippen LogP contribution in [-0.4, -0.2) is 37.4 Å². The molecule has 4 rings (SSSR count). The van der Waals surface area contributed by atoms with Gasteiger partial charge in [-0.1, -0.05) is 17.7 Å². The van der Waals surface area contributed by atoms with E-state index in [1.165, 1.54) is 11.8 Å². The molecule has 146 valence electrons. The summed E-state index contributed by atoms with van der Waals surface area (Å²) in [6.45, 7) is 4.78. The highest BCUT2D eigenvalue weighted by molar-refractivity contribution is 9.10. The number of benzene rings is 1. The van der Waals surface area contributed by atoms with Gasteiger partial charge in [-0.3, -0.25) is 4.79 Å². The third kappa shape index (κ3) is 4.15. The zero-order valence-corrected chi connectivity index (χ0v) is 18.2. The van der Waals surface area contributed by atoms with Gasteiger partial charge in [0.25, 0.3) is 5.91 Å². The molecule has 0 aliphatic carbocycles. The number of nitrogens with zero attached hydrogens (tertiary/aromatic N) is 2. The van der Waals surface area contributed by atoms with E-state index in [9.17, 15) is 4.79 Å². The van der Waals surface area contributed by atoms with Crippen molar-refractivity contribution in [2.24, 2.45) is 4.99 Å². The number of halogens is 2. The highest BCUT2D eigenvalue weighted by Gasteiger charge is 2.25. The predicted molar refractivity (Wildman–Crippen MR) is 116 cm³/mol. The molecule has 3 heterocycles. The number of furan rings is 1. The zero-order valence-electron chi connectivity index (χ0n) is 15.0. The third-order valence-corrected chi connectivity index (χ3v) is 6.26. The van der Waals surface area contributed by atoms with Crippen LogP contribution in [0.3, 0.4) is 0 Å². The van der Waals surface area contributed by atoms with Crippen molar-refractivity contribution in [1.82, 2.24) is 5.32 Å². The number of morpholine rings is 1. The lowest BCUT2D eigenvalue weighted by atomic mass is 10.2. The van der Waals surface area contributed by atoms with E-state index in [4.69, 9.17) is 20.8 Å². The summed E-state index contributed by atoms with van der Waals surface area (Å²) in [4.78, 5) is 19.5. The smallest absolute Gasteiger partial charge is 0.264 e. The Morgan fingerprint density at radius 3 is 2.93 bits per heavy atom. The Labute approximate surface area is 180 Å². The summed E-state index contributed by atoms with van der Waals surface area (Å²) in [5.41, 5.74) is 1.60. The molecule has 0 radical (unpaired) electrons. The summed E-state index contributed by atoms with van der Waals surface area (Å²) in [6, 6.07) is 7.37. The van der Waals surface area contributed by atoms with Gasteiger partial charge >= 0.3 is 0 Å². The molecule has 1 N–H and O–H groups in total. The lowest BCUT2D eigenvalue weighted by Gasteiger charge is -2.26. The van der Waals surface area contributed by atoms with Crippen molar-refractivity contribution in [3.8, 4) is 0 Å². The minimum atomic E-state index is -0.205. The molecule has 0 spiro atoms. The molecule has 28 heavy (non-hydrogen) atoms. The lowest BCUT2D eigenvalue weighted by Crippen LogP contribution is -2.36. The van der Waals surface area contributed by atoms with Crippen LogP contribution >= 0.6 is 39.3 Å². The summed E-state index contributed by atoms with van der Waals surface area (Å²) in [6.07, 6.45) is 1.72. The molecule has 2 fully saturated rings. The minimum Gasteiger partial charge on any atom is -0.440 e. The maximum atomic E-state index is 12.3. The standard InChI is InChI=1S/C19H17BrClN3O3S/c1-11-14(21)3-2-4-15(11)22-19-23-17(25)16(28-19)10-12-9-13(20)18(27-12)24-5-7-26-8-6-24/h2-4,9-10H,5-8H2,1H3,(H,22,23,25)/b16-10-. The van der Waals surface area contributed by atoms with Gasteiger partial charge in [-0.25, -0.2) is 4.99 Å². The van der Waals surface area contributed by atoms with Crippen LogP contribution < -0.4 is 10.2 Å². The first-order chi connectivity index (χ1) is 13.5. The Hall–Kier alpha value is -1.74. The normalized spacial score (nSPS) is 20.2. The number of carbonyl (C=O) groups excluding carboxylic acids is 1. The van der Waals surface area contributed by atoms with Crippen LogP contribution in [-0.2, 0) is 9.53 Å². The number of carbonyl (C=O) groups is 1. The number of aliphatic imine (C=N–C) groups is 1. The summed E-state index contributed by atoms with van der Waals surface area (Å²) in [7, 11) is 0. The van der Waals surface area contributed by atoms with Crippen LogP contribution in [0.25, 0.3) is 6.08 Å². The van der Waals surface area contributed by atoms with E-state index in [2.05, 4.69) is 31.1 Å². The Balaban J connectivity index is 1.55. The Morgan fingerprint density at radius 2 is 2.14 bits per heavy atom. The van der Waals surface area contributed by atoms with Crippen molar-refractivity contribution >= 4 is 68.0 Å². The van der Waals surface area contributed by atoms with Crippen LogP contribution in [0.2, 0.25) is 5.02 Å². The van der Waals surface area contributed by atoms with Gasteiger partial charge in [0.15, 0.2) is 5.17 Å². The molecule has 2 aromatic rings. The zero-order chi connectivity index (χ0) is 19.7. The molecule has 9 heteroatoms. The first-order valence-electron chi connectivity index (χ1n) is 8.68. The van der Waals surface area contributed by atoms with Gasteiger partial charge in [-0.05, 0) is 52.3 Å². The maximum Gasteiger partial charge on any atom is 0.264 e. The van der Waals surface area contributed by atoms with E-state index in [1.54, 1.807) is 6.08 Å². The van der Waals surface area contributed by atoms with Crippen LogP contribution in [0.5, 0.6) is 0 Å². The summed E-state index contributed by atoms with van der Waals surface area (Å²) in [5, 5.41) is 3.94. The topological polar surface area (TPSA) is 67.1 Å². The van der Waals surface area contributed by atoms with Crippen LogP contribution in [0.1, 0.15) is 11.3 Å². The number of hydrogen-bond donors (Lipinski definition) is 1. The van der Waals surface area contributed by atoms with Gasteiger partial charge in [-0.15, -0.1) is 0 Å². The highest BCUT2D eigenvalue weighted by atomic mass is 79.9.